The number of rotatable bonds is 1. The molecule has 1 aromatic carbocycles. The lowest BCUT2D eigenvalue weighted by atomic mass is 10.1. The molecule has 6 nitrogen and oxygen atoms in total. The monoisotopic (exact) mass is 307 g/mol. The second-order valence-corrected chi connectivity index (χ2v) is 5.26. The molecule has 21 heavy (non-hydrogen) atoms. The summed E-state index contributed by atoms with van der Waals surface area (Å²) in [5.74, 6) is 0.00802. The van der Waals surface area contributed by atoms with Crippen LogP contribution in [0.2, 0.25) is 0 Å². The molecular formula is C14H17N3O3S. The topological polar surface area (TPSA) is 70.7 Å². The van der Waals surface area contributed by atoms with Gasteiger partial charge in [0.1, 0.15) is 0 Å². The number of methoxy groups -OCH3 is 1. The third-order valence-corrected chi connectivity index (χ3v) is 3.50. The highest BCUT2D eigenvalue weighted by Crippen LogP contribution is 2.34. The summed E-state index contributed by atoms with van der Waals surface area (Å²) in [6, 6.07) is 5.82. The first-order chi connectivity index (χ1) is 9.92. The molecule has 1 atom stereocenters. The van der Waals surface area contributed by atoms with Gasteiger partial charge in [-0.1, -0.05) is 6.07 Å². The van der Waals surface area contributed by atoms with E-state index in [4.69, 9.17) is 12.2 Å². The number of hydrogen-bond acceptors (Lipinski definition) is 4. The zero-order valence-corrected chi connectivity index (χ0v) is 12.9. The number of carbonyl (C=O) groups is 2. The van der Waals surface area contributed by atoms with E-state index in [0.29, 0.717) is 5.69 Å². The molecule has 0 saturated heterocycles. The number of thiocarbonyl (C=S) groups is 1. The van der Waals surface area contributed by atoms with Crippen molar-refractivity contribution in [2.75, 3.05) is 17.3 Å². The summed E-state index contributed by atoms with van der Waals surface area (Å²) in [7, 11) is 1.26. The van der Waals surface area contributed by atoms with Gasteiger partial charge in [-0.25, -0.2) is 4.79 Å². The molecule has 112 valence electrons. The molecule has 2 rings (SSSR count). The molecule has 7 heteroatoms. The molecule has 0 spiro atoms. The number of anilines is 2. The summed E-state index contributed by atoms with van der Waals surface area (Å²) in [5, 5.41) is 5.40. The molecule has 0 fully saturated rings. The number of ether oxygens (including phenoxy) is 1. The summed E-state index contributed by atoms with van der Waals surface area (Å²) < 4.78 is 4.46. The SMILES string of the molecule is COC(=O)NC(=S)Nc1ccc2c(c1)N(C(C)=O)[C@@H](C)C2. The molecule has 1 aliphatic heterocycles. The van der Waals surface area contributed by atoms with Crippen molar-refractivity contribution in [3.05, 3.63) is 23.8 Å². The number of nitrogens with zero attached hydrogens (tertiary/aromatic N) is 1. The van der Waals surface area contributed by atoms with Gasteiger partial charge in [0.25, 0.3) is 0 Å². The van der Waals surface area contributed by atoms with Crippen molar-refractivity contribution in [2.24, 2.45) is 0 Å². The highest BCUT2D eigenvalue weighted by atomic mass is 32.1. The van der Waals surface area contributed by atoms with Crippen LogP contribution in [0.5, 0.6) is 0 Å². The van der Waals surface area contributed by atoms with E-state index < -0.39 is 6.09 Å². The van der Waals surface area contributed by atoms with Crippen molar-refractivity contribution < 1.29 is 14.3 Å². The molecule has 0 aliphatic carbocycles. The average molecular weight is 307 g/mol. The van der Waals surface area contributed by atoms with Gasteiger partial charge in [0.2, 0.25) is 5.91 Å². The number of nitrogens with one attached hydrogen (secondary N) is 2. The van der Waals surface area contributed by atoms with Crippen molar-refractivity contribution >= 4 is 40.7 Å². The van der Waals surface area contributed by atoms with E-state index in [0.717, 1.165) is 17.7 Å². The Bertz CT molecular complexity index is 603. The summed E-state index contributed by atoms with van der Waals surface area (Å²) in [6.45, 7) is 3.56. The van der Waals surface area contributed by atoms with Crippen LogP contribution in [0.1, 0.15) is 19.4 Å². The average Bonchev–Trinajstić information content (AvgIpc) is 2.73. The highest BCUT2D eigenvalue weighted by Gasteiger charge is 2.28. The Hall–Kier alpha value is -2.15. The quantitative estimate of drug-likeness (QED) is 0.777. The predicted molar refractivity (Wildman–Crippen MR) is 84.5 cm³/mol. The first-order valence-electron chi connectivity index (χ1n) is 6.51. The van der Waals surface area contributed by atoms with E-state index in [9.17, 15) is 9.59 Å². The number of carbonyl (C=O) groups excluding carboxylic acids is 2. The standard InChI is InChI=1S/C14H17N3O3S/c1-8-6-10-4-5-11(7-12(10)17(8)9(2)18)15-13(21)16-14(19)20-3/h4-5,7-8H,6H2,1-3H3,(H2,15,16,19,21)/t8-/m0/s1. The first kappa shape index (κ1) is 15.2. The van der Waals surface area contributed by atoms with Crippen LogP contribution in [0.3, 0.4) is 0 Å². The van der Waals surface area contributed by atoms with Crippen LogP contribution in [0, 0.1) is 0 Å². The number of hydrogen-bond donors (Lipinski definition) is 2. The molecule has 1 heterocycles. The van der Waals surface area contributed by atoms with Gasteiger partial charge in [0.05, 0.1) is 7.11 Å². The summed E-state index contributed by atoms with van der Waals surface area (Å²) in [6.07, 6.45) is 0.202. The summed E-state index contributed by atoms with van der Waals surface area (Å²) >= 11 is 5.01. The summed E-state index contributed by atoms with van der Waals surface area (Å²) in [5.41, 5.74) is 2.70. The van der Waals surface area contributed by atoms with E-state index in [2.05, 4.69) is 15.4 Å². The molecule has 0 saturated carbocycles. The second kappa shape index (κ2) is 6.09. The van der Waals surface area contributed by atoms with Crippen molar-refractivity contribution in [3.63, 3.8) is 0 Å². The van der Waals surface area contributed by atoms with Gasteiger partial charge >= 0.3 is 6.09 Å². The maximum absolute atomic E-state index is 11.7. The van der Waals surface area contributed by atoms with Gasteiger partial charge in [-0.15, -0.1) is 0 Å². The Morgan fingerprint density at radius 1 is 1.43 bits per heavy atom. The maximum Gasteiger partial charge on any atom is 0.413 e. The van der Waals surface area contributed by atoms with Gasteiger partial charge in [0.15, 0.2) is 5.11 Å². The minimum absolute atomic E-state index is 0.00802. The fourth-order valence-corrected chi connectivity index (χ4v) is 2.67. The van der Waals surface area contributed by atoms with Crippen molar-refractivity contribution in [2.45, 2.75) is 26.3 Å². The molecule has 0 bridgehead atoms. The van der Waals surface area contributed by atoms with Gasteiger partial charge in [-0.05, 0) is 43.3 Å². The van der Waals surface area contributed by atoms with Crippen LogP contribution in [0.4, 0.5) is 16.2 Å². The number of fused-ring (bicyclic) bond motifs is 1. The minimum atomic E-state index is -0.632. The number of amides is 2. The van der Waals surface area contributed by atoms with Crippen LogP contribution in [-0.4, -0.2) is 30.3 Å². The number of benzene rings is 1. The van der Waals surface area contributed by atoms with Crippen molar-refractivity contribution in [3.8, 4) is 0 Å². The lowest BCUT2D eigenvalue weighted by molar-refractivity contribution is -0.116. The number of alkyl carbamates (subject to hydrolysis) is 1. The van der Waals surface area contributed by atoms with Gasteiger partial charge in [-0.3, -0.25) is 10.1 Å². The van der Waals surface area contributed by atoms with Crippen molar-refractivity contribution in [1.82, 2.24) is 5.32 Å². The maximum atomic E-state index is 11.7. The van der Waals surface area contributed by atoms with Crippen molar-refractivity contribution in [1.29, 1.82) is 0 Å². The van der Waals surface area contributed by atoms with Gasteiger partial charge in [0, 0.05) is 24.3 Å². The van der Waals surface area contributed by atoms with E-state index >= 15 is 0 Å². The fraction of sp³-hybridized carbons (Fsp3) is 0.357. The van der Waals surface area contributed by atoms with Crippen LogP contribution in [0.25, 0.3) is 0 Å². The third kappa shape index (κ3) is 3.30. The molecule has 2 N–H and O–H groups in total. The van der Waals surface area contributed by atoms with E-state index in [1.165, 1.54) is 7.11 Å². The molecule has 1 aromatic rings. The molecule has 2 amide bonds. The van der Waals surface area contributed by atoms with Gasteiger partial charge in [-0.2, -0.15) is 0 Å². The fourth-order valence-electron chi connectivity index (χ4n) is 2.47. The highest BCUT2D eigenvalue weighted by molar-refractivity contribution is 7.80. The third-order valence-electron chi connectivity index (χ3n) is 3.30. The largest absolute Gasteiger partial charge is 0.453 e. The molecular weight excluding hydrogens is 290 g/mol. The summed E-state index contributed by atoms with van der Waals surface area (Å²) in [4.78, 5) is 24.6. The normalized spacial score (nSPS) is 16.1. The van der Waals surface area contributed by atoms with E-state index in [-0.39, 0.29) is 17.1 Å². The Morgan fingerprint density at radius 3 is 2.76 bits per heavy atom. The molecule has 0 aromatic heterocycles. The Morgan fingerprint density at radius 2 is 2.14 bits per heavy atom. The van der Waals surface area contributed by atoms with Crippen LogP contribution in [-0.2, 0) is 16.0 Å². The Labute approximate surface area is 128 Å². The lowest BCUT2D eigenvalue weighted by Gasteiger charge is -2.21. The minimum Gasteiger partial charge on any atom is -0.453 e. The Kier molecular flexibility index (Phi) is 4.42. The van der Waals surface area contributed by atoms with Crippen LogP contribution < -0.4 is 15.5 Å². The zero-order valence-electron chi connectivity index (χ0n) is 12.1. The first-order valence-corrected chi connectivity index (χ1v) is 6.92. The Balaban J connectivity index is 2.16. The molecule has 1 aliphatic rings. The predicted octanol–water partition coefficient (Wildman–Crippen LogP) is 2.04. The second-order valence-electron chi connectivity index (χ2n) is 4.86. The lowest BCUT2D eigenvalue weighted by Crippen LogP contribution is -2.34. The van der Waals surface area contributed by atoms with E-state index in [1.807, 2.05) is 25.1 Å². The molecule has 0 radical (unpaired) electrons. The van der Waals surface area contributed by atoms with Gasteiger partial charge < -0.3 is 15.0 Å². The van der Waals surface area contributed by atoms with Crippen LogP contribution >= 0.6 is 12.2 Å². The smallest absolute Gasteiger partial charge is 0.413 e. The zero-order chi connectivity index (χ0) is 15.6. The molecule has 0 unspecified atom stereocenters. The van der Waals surface area contributed by atoms with E-state index in [1.54, 1.807) is 11.8 Å². The van der Waals surface area contributed by atoms with Crippen LogP contribution in [0.15, 0.2) is 18.2 Å².